The molecule has 0 bridgehead atoms. The minimum absolute atomic E-state index is 0.417. The van der Waals surface area contributed by atoms with E-state index in [0.29, 0.717) is 6.04 Å². The van der Waals surface area contributed by atoms with Crippen molar-refractivity contribution in [3.63, 3.8) is 0 Å². The molecule has 0 spiro atoms. The lowest BCUT2D eigenvalue weighted by Crippen LogP contribution is -2.22. The lowest BCUT2D eigenvalue weighted by atomic mass is 9.98. The Morgan fingerprint density at radius 2 is 1.64 bits per heavy atom. The molecule has 0 aliphatic rings. The number of nitrogens with one attached hydrogen (secondary N) is 1. The number of nitrogens with zero attached hydrogens (tertiary/aromatic N) is 1. The zero-order chi connectivity index (χ0) is 15.8. The first-order valence-electron chi connectivity index (χ1n) is 8.25. The van der Waals surface area contributed by atoms with Crippen LogP contribution < -0.4 is 5.32 Å². The van der Waals surface area contributed by atoms with Gasteiger partial charge >= 0.3 is 0 Å². The van der Waals surface area contributed by atoms with Crippen LogP contribution in [0.3, 0.4) is 0 Å². The van der Waals surface area contributed by atoms with Crippen LogP contribution >= 0.6 is 0 Å². The Labute approximate surface area is 135 Å². The van der Waals surface area contributed by atoms with Gasteiger partial charge in [-0.05, 0) is 50.2 Å². The van der Waals surface area contributed by atoms with Gasteiger partial charge in [-0.1, -0.05) is 55.8 Å². The smallest absolute Gasteiger partial charge is 0.0382 e. The number of rotatable bonds is 8. The molecule has 1 atom stereocenters. The lowest BCUT2D eigenvalue weighted by Gasteiger charge is -2.25. The van der Waals surface area contributed by atoms with E-state index in [0.717, 1.165) is 13.0 Å². The number of hydrogen-bond acceptors (Lipinski definition) is 2. The summed E-state index contributed by atoms with van der Waals surface area (Å²) in [5.74, 6) is 0. The second-order valence-electron chi connectivity index (χ2n) is 6.07. The fourth-order valence-electron chi connectivity index (χ4n) is 2.67. The lowest BCUT2D eigenvalue weighted by molar-refractivity contribution is 0.297. The Hall–Kier alpha value is -1.80. The summed E-state index contributed by atoms with van der Waals surface area (Å²) in [6.07, 6.45) is 3.48. The summed E-state index contributed by atoms with van der Waals surface area (Å²) in [5.41, 5.74) is 3.97. The molecule has 22 heavy (non-hydrogen) atoms. The van der Waals surface area contributed by atoms with Crippen LogP contribution in [-0.2, 0) is 6.42 Å². The van der Waals surface area contributed by atoms with Crippen LogP contribution in [0.1, 0.15) is 36.9 Å². The molecular formula is C20H28N2. The SMILES string of the molecule is CCCCNc1ccc(CC(c2ccccc2)N(C)C)cc1. The average molecular weight is 296 g/mol. The van der Waals surface area contributed by atoms with Crippen LogP contribution in [-0.4, -0.2) is 25.5 Å². The molecular weight excluding hydrogens is 268 g/mol. The predicted molar refractivity (Wildman–Crippen MR) is 96.4 cm³/mol. The van der Waals surface area contributed by atoms with Gasteiger partial charge in [-0.2, -0.15) is 0 Å². The topological polar surface area (TPSA) is 15.3 Å². The molecule has 0 fully saturated rings. The van der Waals surface area contributed by atoms with Gasteiger partial charge in [-0.3, -0.25) is 0 Å². The van der Waals surface area contributed by atoms with Gasteiger partial charge in [0.15, 0.2) is 0 Å². The van der Waals surface area contributed by atoms with E-state index in [4.69, 9.17) is 0 Å². The number of likely N-dealkylation sites (N-methyl/N-ethyl adjacent to an activating group) is 1. The maximum Gasteiger partial charge on any atom is 0.0382 e. The fraction of sp³-hybridized carbons (Fsp3) is 0.400. The highest BCUT2D eigenvalue weighted by atomic mass is 15.1. The number of benzene rings is 2. The van der Waals surface area contributed by atoms with Gasteiger partial charge in [-0.25, -0.2) is 0 Å². The Kier molecular flexibility index (Phi) is 6.47. The molecule has 0 aliphatic carbocycles. The second-order valence-corrected chi connectivity index (χ2v) is 6.07. The van der Waals surface area contributed by atoms with E-state index in [1.165, 1.54) is 29.7 Å². The highest BCUT2D eigenvalue weighted by molar-refractivity contribution is 5.44. The molecule has 2 aromatic rings. The standard InChI is InChI=1S/C20H28N2/c1-4-5-15-21-19-13-11-17(12-14-19)16-20(22(2)3)18-9-7-6-8-10-18/h6-14,20-21H,4-5,15-16H2,1-3H3. The van der Waals surface area contributed by atoms with Gasteiger partial charge < -0.3 is 10.2 Å². The third-order valence-corrected chi connectivity index (χ3v) is 4.05. The van der Waals surface area contributed by atoms with Crippen molar-refractivity contribution in [3.05, 3.63) is 65.7 Å². The first-order chi connectivity index (χ1) is 10.7. The van der Waals surface area contributed by atoms with Crippen molar-refractivity contribution in [2.45, 2.75) is 32.2 Å². The third kappa shape index (κ3) is 4.88. The summed E-state index contributed by atoms with van der Waals surface area (Å²) >= 11 is 0. The normalized spacial score (nSPS) is 12.4. The van der Waals surface area contributed by atoms with E-state index < -0.39 is 0 Å². The maximum absolute atomic E-state index is 3.47. The Morgan fingerprint density at radius 1 is 0.955 bits per heavy atom. The van der Waals surface area contributed by atoms with Crippen LogP contribution in [0.4, 0.5) is 5.69 Å². The molecule has 0 saturated carbocycles. The van der Waals surface area contributed by atoms with Crippen LogP contribution in [0.5, 0.6) is 0 Å². The maximum atomic E-state index is 3.47. The predicted octanol–water partition coefficient (Wildman–Crippen LogP) is 4.74. The molecule has 1 unspecified atom stereocenters. The van der Waals surface area contributed by atoms with Gasteiger partial charge in [0.1, 0.15) is 0 Å². The molecule has 0 aliphatic heterocycles. The van der Waals surface area contributed by atoms with Crippen LogP contribution in [0.15, 0.2) is 54.6 Å². The molecule has 1 N–H and O–H groups in total. The van der Waals surface area contributed by atoms with E-state index in [9.17, 15) is 0 Å². The quantitative estimate of drug-likeness (QED) is 0.708. The van der Waals surface area contributed by atoms with Crippen LogP contribution in [0.2, 0.25) is 0 Å². The number of hydrogen-bond donors (Lipinski definition) is 1. The highest BCUT2D eigenvalue weighted by Crippen LogP contribution is 2.23. The molecule has 0 radical (unpaired) electrons. The van der Waals surface area contributed by atoms with Crippen LogP contribution in [0, 0.1) is 0 Å². The molecule has 118 valence electrons. The first-order valence-corrected chi connectivity index (χ1v) is 8.25. The largest absolute Gasteiger partial charge is 0.385 e. The van der Waals surface area contributed by atoms with Crippen molar-refractivity contribution in [2.24, 2.45) is 0 Å². The zero-order valence-electron chi connectivity index (χ0n) is 14.0. The zero-order valence-corrected chi connectivity index (χ0v) is 14.0. The molecule has 0 amide bonds. The molecule has 2 heteroatoms. The van der Waals surface area contributed by atoms with E-state index in [-0.39, 0.29) is 0 Å². The van der Waals surface area contributed by atoms with E-state index in [1.54, 1.807) is 0 Å². The third-order valence-electron chi connectivity index (χ3n) is 4.05. The Morgan fingerprint density at radius 3 is 2.23 bits per heavy atom. The molecule has 2 aromatic carbocycles. The van der Waals surface area contributed by atoms with Gasteiger partial charge in [0, 0.05) is 18.3 Å². The van der Waals surface area contributed by atoms with E-state index >= 15 is 0 Å². The molecule has 2 nitrogen and oxygen atoms in total. The summed E-state index contributed by atoms with van der Waals surface area (Å²) < 4.78 is 0. The summed E-state index contributed by atoms with van der Waals surface area (Å²) in [5, 5.41) is 3.47. The molecule has 0 aromatic heterocycles. The summed E-state index contributed by atoms with van der Waals surface area (Å²) in [7, 11) is 4.30. The van der Waals surface area contributed by atoms with Crippen molar-refractivity contribution in [1.29, 1.82) is 0 Å². The summed E-state index contributed by atoms with van der Waals surface area (Å²) in [6.45, 7) is 3.27. The van der Waals surface area contributed by atoms with Gasteiger partial charge in [0.25, 0.3) is 0 Å². The molecule has 2 rings (SSSR count). The monoisotopic (exact) mass is 296 g/mol. The minimum Gasteiger partial charge on any atom is -0.385 e. The van der Waals surface area contributed by atoms with Crippen molar-refractivity contribution in [1.82, 2.24) is 4.90 Å². The number of anilines is 1. The Balaban J connectivity index is 2.01. The van der Waals surface area contributed by atoms with E-state index in [1.807, 2.05) is 0 Å². The Bertz CT molecular complexity index is 531. The van der Waals surface area contributed by atoms with E-state index in [2.05, 4.69) is 85.8 Å². The first kappa shape index (κ1) is 16.6. The molecule has 0 heterocycles. The molecule has 0 saturated heterocycles. The van der Waals surface area contributed by atoms with Gasteiger partial charge in [0.05, 0.1) is 0 Å². The van der Waals surface area contributed by atoms with Crippen molar-refractivity contribution < 1.29 is 0 Å². The van der Waals surface area contributed by atoms with Crippen molar-refractivity contribution in [2.75, 3.05) is 26.0 Å². The summed E-state index contributed by atoms with van der Waals surface area (Å²) in [4.78, 5) is 2.29. The summed E-state index contributed by atoms with van der Waals surface area (Å²) in [6, 6.07) is 20.0. The van der Waals surface area contributed by atoms with Gasteiger partial charge in [-0.15, -0.1) is 0 Å². The fourth-order valence-corrected chi connectivity index (χ4v) is 2.67. The van der Waals surface area contributed by atoms with Crippen molar-refractivity contribution >= 4 is 5.69 Å². The second kappa shape index (κ2) is 8.60. The minimum atomic E-state index is 0.417. The van der Waals surface area contributed by atoms with Crippen LogP contribution in [0.25, 0.3) is 0 Å². The highest BCUT2D eigenvalue weighted by Gasteiger charge is 2.14. The number of unbranched alkanes of at least 4 members (excludes halogenated alkanes) is 1. The average Bonchev–Trinajstić information content (AvgIpc) is 2.55. The van der Waals surface area contributed by atoms with Crippen molar-refractivity contribution in [3.8, 4) is 0 Å². The van der Waals surface area contributed by atoms with Gasteiger partial charge in [0.2, 0.25) is 0 Å².